The molecule has 0 bridgehead atoms. The molecule has 3 atom stereocenters. The lowest BCUT2D eigenvalue weighted by molar-refractivity contribution is -0.164. The van der Waals surface area contributed by atoms with E-state index in [1.807, 2.05) is 6.92 Å². The highest BCUT2D eigenvalue weighted by Crippen LogP contribution is 2.32. The summed E-state index contributed by atoms with van der Waals surface area (Å²) >= 11 is 0. The minimum atomic E-state index is -0.294. The number of nitrogens with one attached hydrogen (secondary N) is 1. The van der Waals surface area contributed by atoms with Crippen LogP contribution in [0.1, 0.15) is 58.8 Å². The lowest BCUT2D eigenvalue weighted by Crippen LogP contribution is -2.45. The Morgan fingerprint density at radius 2 is 2.22 bits per heavy atom. The van der Waals surface area contributed by atoms with Gasteiger partial charge >= 0.3 is 5.97 Å². The molecule has 1 aliphatic carbocycles. The summed E-state index contributed by atoms with van der Waals surface area (Å²) in [6.07, 6.45) is 8.09. The minimum Gasteiger partial charge on any atom is -0.462 e. The summed E-state index contributed by atoms with van der Waals surface area (Å²) in [6, 6.07) is 0. The summed E-state index contributed by atoms with van der Waals surface area (Å²) in [7, 11) is 0. The first-order valence-corrected chi connectivity index (χ1v) is 7.56. The van der Waals surface area contributed by atoms with E-state index in [0.29, 0.717) is 0 Å². The SMILES string of the molecule is CCC1CCCC(OC(=O)C2(C)CCCNC2)C1. The van der Waals surface area contributed by atoms with Crippen LogP contribution >= 0.6 is 0 Å². The van der Waals surface area contributed by atoms with Crippen molar-refractivity contribution in [2.24, 2.45) is 11.3 Å². The number of carbonyl (C=O) groups excluding carboxylic acids is 1. The fourth-order valence-electron chi connectivity index (χ4n) is 3.24. The molecule has 0 radical (unpaired) electrons. The fraction of sp³-hybridized carbons (Fsp3) is 0.933. The van der Waals surface area contributed by atoms with E-state index in [1.165, 1.54) is 19.3 Å². The van der Waals surface area contributed by atoms with Gasteiger partial charge in [-0.2, -0.15) is 0 Å². The number of piperidine rings is 1. The third-order valence-corrected chi connectivity index (χ3v) is 4.68. The standard InChI is InChI=1S/C15H27NO2/c1-3-12-6-4-7-13(10-12)18-14(17)15(2)8-5-9-16-11-15/h12-13,16H,3-11H2,1-2H3. The zero-order valence-electron chi connectivity index (χ0n) is 11.8. The Balaban J connectivity index is 1.86. The van der Waals surface area contributed by atoms with E-state index in [-0.39, 0.29) is 17.5 Å². The second kappa shape index (κ2) is 6.05. The Bertz CT molecular complexity index is 284. The first-order valence-electron chi connectivity index (χ1n) is 7.56. The Labute approximate surface area is 111 Å². The smallest absolute Gasteiger partial charge is 0.313 e. The first-order chi connectivity index (χ1) is 8.64. The van der Waals surface area contributed by atoms with Crippen molar-refractivity contribution in [3.05, 3.63) is 0 Å². The quantitative estimate of drug-likeness (QED) is 0.786. The third kappa shape index (κ3) is 3.25. The number of hydrogen-bond acceptors (Lipinski definition) is 3. The summed E-state index contributed by atoms with van der Waals surface area (Å²) < 4.78 is 5.79. The van der Waals surface area contributed by atoms with Crippen molar-refractivity contribution in [3.8, 4) is 0 Å². The van der Waals surface area contributed by atoms with E-state index < -0.39 is 0 Å². The lowest BCUT2D eigenvalue weighted by Gasteiger charge is -2.35. The molecule has 1 heterocycles. The second-order valence-corrected chi connectivity index (χ2v) is 6.31. The first kappa shape index (κ1) is 13.9. The van der Waals surface area contributed by atoms with Crippen LogP contribution in [0, 0.1) is 11.3 Å². The average Bonchev–Trinajstić information content (AvgIpc) is 2.40. The van der Waals surface area contributed by atoms with E-state index in [4.69, 9.17) is 4.74 Å². The van der Waals surface area contributed by atoms with Crippen molar-refractivity contribution in [1.29, 1.82) is 0 Å². The van der Waals surface area contributed by atoms with Crippen LogP contribution in [0.3, 0.4) is 0 Å². The molecule has 2 aliphatic rings. The number of ether oxygens (including phenoxy) is 1. The molecule has 0 amide bonds. The van der Waals surface area contributed by atoms with Crippen LogP contribution < -0.4 is 5.32 Å². The van der Waals surface area contributed by atoms with Crippen molar-refractivity contribution in [3.63, 3.8) is 0 Å². The summed E-state index contributed by atoms with van der Waals surface area (Å²) in [5, 5.41) is 3.31. The van der Waals surface area contributed by atoms with E-state index in [1.54, 1.807) is 0 Å². The molecule has 1 saturated carbocycles. The summed E-state index contributed by atoms with van der Waals surface area (Å²) in [5.74, 6) is 0.783. The second-order valence-electron chi connectivity index (χ2n) is 6.31. The molecule has 0 aromatic carbocycles. The summed E-state index contributed by atoms with van der Waals surface area (Å²) in [4.78, 5) is 12.3. The Hall–Kier alpha value is -0.570. The van der Waals surface area contributed by atoms with Crippen LogP contribution in [-0.2, 0) is 9.53 Å². The van der Waals surface area contributed by atoms with E-state index in [2.05, 4.69) is 12.2 Å². The number of carbonyl (C=O) groups is 1. The Morgan fingerprint density at radius 3 is 2.89 bits per heavy atom. The number of rotatable bonds is 3. The normalized spacial score (nSPS) is 37.2. The average molecular weight is 253 g/mol. The lowest BCUT2D eigenvalue weighted by atomic mass is 9.82. The van der Waals surface area contributed by atoms with Gasteiger partial charge in [-0.1, -0.05) is 19.8 Å². The van der Waals surface area contributed by atoms with Gasteiger partial charge in [-0.25, -0.2) is 0 Å². The van der Waals surface area contributed by atoms with Gasteiger partial charge < -0.3 is 10.1 Å². The van der Waals surface area contributed by atoms with Gasteiger partial charge in [-0.15, -0.1) is 0 Å². The van der Waals surface area contributed by atoms with Gasteiger partial charge in [0.25, 0.3) is 0 Å². The molecular formula is C15H27NO2. The third-order valence-electron chi connectivity index (χ3n) is 4.68. The van der Waals surface area contributed by atoms with Crippen LogP contribution in [-0.4, -0.2) is 25.2 Å². The van der Waals surface area contributed by atoms with Gasteiger partial charge in [0.15, 0.2) is 0 Å². The highest BCUT2D eigenvalue weighted by molar-refractivity contribution is 5.77. The molecule has 3 heteroatoms. The fourth-order valence-corrected chi connectivity index (χ4v) is 3.24. The van der Waals surface area contributed by atoms with Crippen LogP contribution in [0.2, 0.25) is 0 Å². The molecular weight excluding hydrogens is 226 g/mol. The van der Waals surface area contributed by atoms with E-state index >= 15 is 0 Å². The van der Waals surface area contributed by atoms with E-state index in [9.17, 15) is 4.79 Å². The molecule has 0 aromatic rings. The van der Waals surface area contributed by atoms with Crippen LogP contribution in [0.15, 0.2) is 0 Å². The maximum atomic E-state index is 12.3. The van der Waals surface area contributed by atoms with Gasteiger partial charge in [-0.3, -0.25) is 4.79 Å². The van der Waals surface area contributed by atoms with Crippen molar-refractivity contribution in [2.45, 2.75) is 64.9 Å². The van der Waals surface area contributed by atoms with Crippen molar-refractivity contribution in [2.75, 3.05) is 13.1 Å². The predicted molar refractivity (Wildman–Crippen MR) is 72.3 cm³/mol. The van der Waals surface area contributed by atoms with Gasteiger partial charge in [0.1, 0.15) is 6.10 Å². The van der Waals surface area contributed by atoms with Crippen LogP contribution in [0.25, 0.3) is 0 Å². The molecule has 104 valence electrons. The van der Waals surface area contributed by atoms with Crippen LogP contribution in [0.5, 0.6) is 0 Å². The monoisotopic (exact) mass is 253 g/mol. The number of esters is 1. The molecule has 1 N–H and O–H groups in total. The molecule has 1 saturated heterocycles. The molecule has 1 aliphatic heterocycles. The summed E-state index contributed by atoms with van der Waals surface area (Å²) in [5.41, 5.74) is -0.294. The maximum Gasteiger partial charge on any atom is 0.313 e. The highest BCUT2D eigenvalue weighted by atomic mass is 16.5. The topological polar surface area (TPSA) is 38.3 Å². The minimum absolute atomic E-state index is 0.0245. The molecule has 3 unspecified atom stereocenters. The van der Waals surface area contributed by atoms with Crippen LogP contribution in [0.4, 0.5) is 0 Å². The van der Waals surface area contributed by atoms with Crippen molar-refractivity contribution >= 4 is 5.97 Å². The Morgan fingerprint density at radius 1 is 1.39 bits per heavy atom. The molecule has 0 aromatic heterocycles. The maximum absolute atomic E-state index is 12.3. The molecule has 2 fully saturated rings. The zero-order chi connectivity index (χ0) is 13.0. The predicted octanol–water partition coefficient (Wildman–Crippen LogP) is 2.89. The molecule has 18 heavy (non-hydrogen) atoms. The molecule has 2 rings (SSSR count). The zero-order valence-corrected chi connectivity index (χ0v) is 11.8. The van der Waals surface area contributed by atoms with Gasteiger partial charge in [0.2, 0.25) is 0 Å². The molecule has 3 nitrogen and oxygen atoms in total. The highest BCUT2D eigenvalue weighted by Gasteiger charge is 2.38. The molecule has 0 spiro atoms. The van der Waals surface area contributed by atoms with Crippen molar-refractivity contribution < 1.29 is 9.53 Å². The van der Waals surface area contributed by atoms with Gasteiger partial charge in [0, 0.05) is 6.54 Å². The van der Waals surface area contributed by atoms with Gasteiger partial charge in [0.05, 0.1) is 5.41 Å². The van der Waals surface area contributed by atoms with E-state index in [0.717, 1.165) is 44.7 Å². The summed E-state index contributed by atoms with van der Waals surface area (Å²) in [6.45, 7) is 6.09. The van der Waals surface area contributed by atoms with Gasteiger partial charge in [-0.05, 0) is 51.5 Å². The number of hydrogen-bond donors (Lipinski definition) is 1. The largest absolute Gasteiger partial charge is 0.462 e. The van der Waals surface area contributed by atoms with Crippen molar-refractivity contribution in [1.82, 2.24) is 5.32 Å². The Kier molecular flexibility index (Phi) is 4.66.